The lowest BCUT2D eigenvalue weighted by molar-refractivity contribution is -0.138. The number of anilines is 2. The Kier molecular flexibility index (Phi) is 5.39. The third kappa shape index (κ3) is 4.30. The maximum atomic E-state index is 12.7. The summed E-state index contributed by atoms with van der Waals surface area (Å²) in [5.41, 5.74) is 1.80. The first kappa shape index (κ1) is 21.4. The molecule has 2 N–H and O–H groups in total. The Hall–Kier alpha value is -3.79. The molecule has 7 nitrogen and oxygen atoms in total. The van der Waals surface area contributed by atoms with Crippen LogP contribution in [-0.4, -0.2) is 31.0 Å². The molecule has 0 fully saturated rings. The Morgan fingerprint density at radius 3 is 2.41 bits per heavy atom. The van der Waals surface area contributed by atoms with Crippen molar-refractivity contribution in [3.63, 3.8) is 0 Å². The fourth-order valence-electron chi connectivity index (χ4n) is 3.04. The number of pyridine rings is 2. The first-order valence-electron chi connectivity index (χ1n) is 9.09. The van der Waals surface area contributed by atoms with Crippen LogP contribution in [0.1, 0.15) is 21.6 Å². The van der Waals surface area contributed by atoms with Crippen molar-refractivity contribution in [2.45, 2.75) is 13.1 Å². The van der Waals surface area contributed by atoms with E-state index in [9.17, 15) is 18.0 Å². The number of nitrogens with zero attached hydrogens (tertiary/aromatic N) is 4. The van der Waals surface area contributed by atoms with Crippen LogP contribution in [0.15, 0.2) is 48.9 Å². The van der Waals surface area contributed by atoms with Crippen LogP contribution in [0.4, 0.5) is 24.8 Å². The monoisotopic (exact) mass is 459 g/mol. The van der Waals surface area contributed by atoms with Crippen molar-refractivity contribution in [2.24, 2.45) is 0 Å². The van der Waals surface area contributed by atoms with E-state index in [1.54, 1.807) is 31.2 Å². The first-order valence-corrected chi connectivity index (χ1v) is 9.46. The molecule has 4 aromatic rings. The zero-order valence-electron chi connectivity index (χ0n) is 16.3. The van der Waals surface area contributed by atoms with E-state index in [4.69, 9.17) is 16.7 Å². The normalized spacial score (nSPS) is 11.5. The average Bonchev–Trinajstić information content (AvgIpc) is 2.72. The summed E-state index contributed by atoms with van der Waals surface area (Å²) in [6, 6.07) is 8.24. The Labute approximate surface area is 184 Å². The minimum absolute atomic E-state index is 0.00273. The molecular formula is C21H13ClF3N5O2. The van der Waals surface area contributed by atoms with Gasteiger partial charge in [0, 0.05) is 35.2 Å². The highest BCUT2D eigenvalue weighted by Crippen LogP contribution is 2.33. The van der Waals surface area contributed by atoms with Crippen LogP contribution in [0.2, 0.25) is 5.02 Å². The Morgan fingerprint density at radius 1 is 1.06 bits per heavy atom. The summed E-state index contributed by atoms with van der Waals surface area (Å²) in [7, 11) is 0. The average molecular weight is 460 g/mol. The topological polar surface area (TPSA) is 101 Å². The van der Waals surface area contributed by atoms with Crippen molar-refractivity contribution >= 4 is 40.1 Å². The highest BCUT2D eigenvalue weighted by molar-refractivity contribution is 6.33. The number of halogens is 4. The standard InChI is InChI=1S/C21H13ClF3N5O2/c1-10-4-16(30-20-27-8-13(9-28-20)21(23,24)25)14-3-2-11(6-17(14)29-10)18-15(22)5-12(7-26-18)19(31)32/h2-9H,1H3,(H,31,32)(H,27,28,29,30). The van der Waals surface area contributed by atoms with Crippen LogP contribution in [0.25, 0.3) is 22.2 Å². The number of aryl methyl sites for hydroxylation is 1. The summed E-state index contributed by atoms with van der Waals surface area (Å²) in [4.78, 5) is 27.2. The van der Waals surface area contributed by atoms with Gasteiger partial charge in [-0.25, -0.2) is 14.8 Å². The zero-order valence-corrected chi connectivity index (χ0v) is 17.0. The number of carboxylic acid groups (broad SMARTS) is 1. The molecule has 11 heteroatoms. The van der Waals surface area contributed by atoms with E-state index in [0.717, 1.165) is 0 Å². The minimum atomic E-state index is -4.52. The van der Waals surface area contributed by atoms with Crippen LogP contribution in [0, 0.1) is 6.92 Å². The van der Waals surface area contributed by atoms with Crippen molar-refractivity contribution in [2.75, 3.05) is 5.32 Å². The van der Waals surface area contributed by atoms with Gasteiger partial charge in [0.25, 0.3) is 0 Å². The molecule has 0 bridgehead atoms. The van der Waals surface area contributed by atoms with Crippen LogP contribution >= 0.6 is 11.6 Å². The molecule has 0 saturated carbocycles. The van der Waals surface area contributed by atoms with Crippen molar-refractivity contribution < 1.29 is 23.1 Å². The number of aromatic carboxylic acids is 1. The van der Waals surface area contributed by atoms with Gasteiger partial charge in [-0.15, -0.1) is 0 Å². The van der Waals surface area contributed by atoms with Gasteiger partial charge in [0.2, 0.25) is 5.95 Å². The Bertz CT molecular complexity index is 1340. The molecule has 162 valence electrons. The summed E-state index contributed by atoms with van der Waals surface area (Å²) in [5.74, 6) is -1.13. The third-order valence-electron chi connectivity index (χ3n) is 4.53. The van der Waals surface area contributed by atoms with Gasteiger partial charge in [-0.05, 0) is 25.1 Å². The molecule has 0 atom stereocenters. The maximum Gasteiger partial charge on any atom is 0.419 e. The van der Waals surface area contributed by atoms with E-state index in [0.29, 0.717) is 45.9 Å². The number of benzene rings is 1. The molecule has 0 radical (unpaired) electrons. The lowest BCUT2D eigenvalue weighted by atomic mass is 10.1. The molecule has 0 aliphatic heterocycles. The molecule has 0 amide bonds. The molecule has 0 aliphatic rings. The molecule has 4 rings (SSSR count). The smallest absolute Gasteiger partial charge is 0.419 e. The maximum absolute atomic E-state index is 12.7. The number of hydrogen-bond acceptors (Lipinski definition) is 6. The van der Waals surface area contributed by atoms with E-state index >= 15 is 0 Å². The van der Waals surface area contributed by atoms with Gasteiger partial charge in [0.1, 0.15) is 0 Å². The highest BCUT2D eigenvalue weighted by Gasteiger charge is 2.31. The summed E-state index contributed by atoms with van der Waals surface area (Å²) >= 11 is 6.22. The Morgan fingerprint density at radius 2 is 1.78 bits per heavy atom. The third-order valence-corrected chi connectivity index (χ3v) is 4.81. The number of carbonyl (C=O) groups is 1. The number of hydrogen-bond donors (Lipinski definition) is 2. The predicted molar refractivity (Wildman–Crippen MR) is 112 cm³/mol. The summed E-state index contributed by atoms with van der Waals surface area (Å²) < 4.78 is 38.2. The largest absolute Gasteiger partial charge is 0.478 e. The fraction of sp³-hybridized carbons (Fsp3) is 0.0952. The minimum Gasteiger partial charge on any atom is -0.478 e. The number of aromatic nitrogens is 4. The van der Waals surface area contributed by atoms with Gasteiger partial charge in [0.05, 0.1) is 33.0 Å². The SMILES string of the molecule is Cc1cc(Nc2ncc(C(F)(F)F)cn2)c2ccc(-c3ncc(C(=O)O)cc3Cl)cc2n1. The summed E-state index contributed by atoms with van der Waals surface area (Å²) in [6.07, 6.45) is -1.89. The second kappa shape index (κ2) is 8.04. The van der Waals surface area contributed by atoms with Gasteiger partial charge < -0.3 is 10.4 Å². The van der Waals surface area contributed by atoms with E-state index < -0.39 is 17.7 Å². The number of rotatable bonds is 4. The highest BCUT2D eigenvalue weighted by atomic mass is 35.5. The molecule has 3 heterocycles. The van der Waals surface area contributed by atoms with Gasteiger partial charge in [-0.1, -0.05) is 23.7 Å². The molecule has 0 saturated heterocycles. The van der Waals surface area contributed by atoms with Crippen LogP contribution in [-0.2, 0) is 6.18 Å². The van der Waals surface area contributed by atoms with Gasteiger partial charge in [-0.2, -0.15) is 13.2 Å². The van der Waals surface area contributed by atoms with E-state index in [1.165, 1.54) is 12.3 Å². The van der Waals surface area contributed by atoms with Crippen LogP contribution < -0.4 is 5.32 Å². The number of alkyl halides is 3. The molecule has 32 heavy (non-hydrogen) atoms. The van der Waals surface area contributed by atoms with Gasteiger partial charge in [-0.3, -0.25) is 9.97 Å². The van der Waals surface area contributed by atoms with E-state index in [-0.39, 0.29) is 16.5 Å². The zero-order chi connectivity index (χ0) is 23.0. The quantitative estimate of drug-likeness (QED) is 0.415. The fourth-order valence-corrected chi connectivity index (χ4v) is 3.31. The van der Waals surface area contributed by atoms with Crippen LogP contribution in [0.3, 0.4) is 0 Å². The molecule has 3 aromatic heterocycles. The van der Waals surface area contributed by atoms with Crippen molar-refractivity contribution in [1.82, 2.24) is 19.9 Å². The predicted octanol–water partition coefficient (Wildman–Crippen LogP) is 5.51. The molecule has 0 aliphatic carbocycles. The summed E-state index contributed by atoms with van der Waals surface area (Å²) in [6.45, 7) is 1.76. The lowest BCUT2D eigenvalue weighted by Gasteiger charge is -2.12. The number of nitrogens with one attached hydrogen (secondary N) is 1. The van der Waals surface area contributed by atoms with Crippen LogP contribution in [0.5, 0.6) is 0 Å². The lowest BCUT2D eigenvalue weighted by Crippen LogP contribution is -2.07. The second-order valence-corrected chi connectivity index (χ2v) is 7.23. The number of fused-ring (bicyclic) bond motifs is 1. The number of carboxylic acids is 1. The molecule has 0 unspecified atom stereocenters. The van der Waals surface area contributed by atoms with Crippen molar-refractivity contribution in [3.8, 4) is 11.3 Å². The van der Waals surface area contributed by atoms with E-state index in [1.807, 2.05) is 0 Å². The molecule has 0 spiro atoms. The second-order valence-electron chi connectivity index (χ2n) is 6.82. The summed E-state index contributed by atoms with van der Waals surface area (Å²) in [5, 5.41) is 12.8. The van der Waals surface area contributed by atoms with Gasteiger partial charge in [0.15, 0.2) is 0 Å². The van der Waals surface area contributed by atoms with E-state index in [2.05, 4.69) is 25.3 Å². The molecular weight excluding hydrogens is 447 g/mol. The van der Waals surface area contributed by atoms with Gasteiger partial charge >= 0.3 is 12.1 Å². The molecule has 1 aromatic carbocycles. The van der Waals surface area contributed by atoms with Crippen molar-refractivity contribution in [3.05, 3.63) is 70.8 Å². The Balaban J connectivity index is 1.71. The first-order chi connectivity index (χ1) is 15.1. The van der Waals surface area contributed by atoms with Crippen molar-refractivity contribution in [1.29, 1.82) is 0 Å².